The van der Waals surface area contributed by atoms with E-state index in [1.54, 1.807) is 36.7 Å². The van der Waals surface area contributed by atoms with Crippen molar-refractivity contribution >= 4 is 23.5 Å². The monoisotopic (exact) mass is 488 g/mol. The Labute approximate surface area is 198 Å². The molecule has 3 atom stereocenters. The standard InChI is InChI=1S/C23H20ClF3N6O/c24-14-3-5-16(20-28-7-1-8-29-20)17(11-14)21(34)33-15(4-2-13-10-18(13)33)12-31-22-30-9-6-19(32-22)23(25,26)27/h1,3,5-9,11,13,15,18H,2,4,10,12H2,(H,30,31,32). The van der Waals surface area contributed by atoms with Gasteiger partial charge in [0.05, 0.1) is 5.56 Å². The maximum Gasteiger partial charge on any atom is 0.433 e. The molecule has 11 heteroatoms. The summed E-state index contributed by atoms with van der Waals surface area (Å²) >= 11 is 6.23. The molecule has 1 aliphatic carbocycles. The lowest BCUT2D eigenvalue weighted by Gasteiger charge is -2.36. The number of likely N-dealkylation sites (tertiary alicyclic amines) is 1. The van der Waals surface area contributed by atoms with Crippen molar-refractivity contribution in [2.45, 2.75) is 37.5 Å². The van der Waals surface area contributed by atoms with E-state index in [1.165, 1.54) is 0 Å². The molecular formula is C23H20ClF3N6O. The molecule has 2 fully saturated rings. The van der Waals surface area contributed by atoms with E-state index in [2.05, 4.69) is 25.3 Å². The number of alkyl halides is 3. The molecule has 2 aliphatic rings. The van der Waals surface area contributed by atoms with Crippen molar-refractivity contribution < 1.29 is 18.0 Å². The zero-order valence-electron chi connectivity index (χ0n) is 17.8. The minimum absolute atomic E-state index is 0.0824. The van der Waals surface area contributed by atoms with Gasteiger partial charge in [0.2, 0.25) is 5.95 Å². The molecule has 0 bridgehead atoms. The van der Waals surface area contributed by atoms with E-state index in [0.29, 0.717) is 27.9 Å². The van der Waals surface area contributed by atoms with Crippen LogP contribution in [0.1, 0.15) is 35.3 Å². The highest BCUT2D eigenvalue weighted by atomic mass is 35.5. The summed E-state index contributed by atoms with van der Waals surface area (Å²) in [7, 11) is 0. The van der Waals surface area contributed by atoms with Crippen molar-refractivity contribution in [1.82, 2.24) is 24.8 Å². The fraction of sp³-hybridized carbons (Fsp3) is 0.348. The predicted octanol–water partition coefficient (Wildman–Crippen LogP) is 4.71. The van der Waals surface area contributed by atoms with Crippen LogP contribution in [0.4, 0.5) is 19.1 Å². The Kier molecular flexibility index (Phi) is 5.85. The van der Waals surface area contributed by atoms with Crippen molar-refractivity contribution in [3.05, 3.63) is 65.2 Å². The number of benzene rings is 1. The van der Waals surface area contributed by atoms with Crippen molar-refractivity contribution in [3.63, 3.8) is 0 Å². The Hall–Kier alpha value is -3.27. The van der Waals surface area contributed by atoms with Crippen LogP contribution in [0.2, 0.25) is 5.02 Å². The molecule has 5 rings (SSSR count). The number of aromatic nitrogens is 4. The lowest BCUT2D eigenvalue weighted by Crippen LogP contribution is -2.48. The average Bonchev–Trinajstić information content (AvgIpc) is 3.62. The molecule has 1 saturated heterocycles. The molecule has 1 amide bonds. The van der Waals surface area contributed by atoms with Gasteiger partial charge >= 0.3 is 6.18 Å². The topological polar surface area (TPSA) is 83.9 Å². The normalized spacial score (nSPS) is 21.6. The van der Waals surface area contributed by atoms with E-state index in [4.69, 9.17) is 11.6 Å². The number of hydrogen-bond acceptors (Lipinski definition) is 6. The molecule has 3 heterocycles. The zero-order valence-corrected chi connectivity index (χ0v) is 18.6. The molecule has 1 aromatic carbocycles. The summed E-state index contributed by atoms with van der Waals surface area (Å²) in [5, 5.41) is 3.31. The van der Waals surface area contributed by atoms with Crippen LogP contribution in [0.15, 0.2) is 48.9 Å². The largest absolute Gasteiger partial charge is 0.433 e. The molecule has 2 aromatic heterocycles. The number of hydrogen-bond donors (Lipinski definition) is 1. The van der Waals surface area contributed by atoms with E-state index >= 15 is 0 Å². The molecule has 1 saturated carbocycles. The van der Waals surface area contributed by atoms with Crippen LogP contribution in [0.5, 0.6) is 0 Å². The van der Waals surface area contributed by atoms with Gasteiger partial charge in [0.1, 0.15) is 5.69 Å². The molecular weight excluding hydrogens is 469 g/mol. The van der Waals surface area contributed by atoms with Crippen LogP contribution >= 0.6 is 11.6 Å². The van der Waals surface area contributed by atoms with Crippen LogP contribution in [-0.4, -0.2) is 49.4 Å². The third-order valence-electron chi connectivity index (χ3n) is 6.20. The zero-order chi connectivity index (χ0) is 23.9. The highest BCUT2D eigenvalue weighted by molar-refractivity contribution is 6.31. The SMILES string of the molecule is O=C(c1cc(Cl)ccc1-c1ncccn1)N1C(CNc2nccc(C(F)(F)F)n2)CCC2CC21. The molecule has 1 aliphatic heterocycles. The number of anilines is 1. The maximum atomic E-state index is 13.8. The molecule has 176 valence electrons. The van der Waals surface area contributed by atoms with Crippen LogP contribution in [-0.2, 0) is 6.18 Å². The summed E-state index contributed by atoms with van der Waals surface area (Å²) in [6.07, 6.45) is 2.29. The fourth-order valence-electron chi connectivity index (χ4n) is 4.49. The first-order chi connectivity index (χ1) is 16.3. The molecule has 0 radical (unpaired) electrons. The van der Waals surface area contributed by atoms with E-state index in [1.807, 2.05) is 4.90 Å². The summed E-state index contributed by atoms with van der Waals surface area (Å²) in [6.45, 7) is 0.230. The van der Waals surface area contributed by atoms with Gasteiger partial charge in [-0.25, -0.2) is 19.9 Å². The van der Waals surface area contributed by atoms with E-state index in [-0.39, 0.29) is 30.5 Å². The van der Waals surface area contributed by atoms with Crippen molar-refractivity contribution in [2.75, 3.05) is 11.9 Å². The van der Waals surface area contributed by atoms with Gasteiger partial charge in [-0.2, -0.15) is 13.2 Å². The number of halogens is 4. The van der Waals surface area contributed by atoms with Crippen LogP contribution in [0.25, 0.3) is 11.4 Å². The second-order valence-electron chi connectivity index (χ2n) is 8.41. The van der Waals surface area contributed by atoms with Gasteiger partial charge in [-0.1, -0.05) is 11.6 Å². The van der Waals surface area contributed by atoms with Gasteiger partial charge in [-0.15, -0.1) is 0 Å². The first-order valence-corrected chi connectivity index (χ1v) is 11.2. The molecule has 34 heavy (non-hydrogen) atoms. The number of carbonyl (C=O) groups is 1. The molecule has 3 unspecified atom stereocenters. The highest BCUT2D eigenvalue weighted by Crippen LogP contribution is 2.46. The molecule has 3 aromatic rings. The van der Waals surface area contributed by atoms with Gasteiger partial charge < -0.3 is 10.2 Å². The minimum atomic E-state index is -4.56. The Balaban J connectivity index is 1.41. The number of fused-ring (bicyclic) bond motifs is 1. The van der Waals surface area contributed by atoms with Gasteiger partial charge in [-0.05, 0) is 55.5 Å². The Bertz CT molecular complexity index is 1210. The summed E-state index contributed by atoms with van der Waals surface area (Å²) in [6, 6.07) is 7.38. The Morgan fingerprint density at radius 3 is 2.68 bits per heavy atom. The van der Waals surface area contributed by atoms with Gasteiger partial charge in [0.25, 0.3) is 5.91 Å². The quantitative estimate of drug-likeness (QED) is 0.560. The van der Waals surface area contributed by atoms with Crippen molar-refractivity contribution in [1.29, 1.82) is 0 Å². The van der Waals surface area contributed by atoms with Crippen LogP contribution in [0, 0.1) is 5.92 Å². The number of nitrogens with zero attached hydrogens (tertiary/aromatic N) is 5. The fourth-order valence-corrected chi connectivity index (χ4v) is 4.66. The number of carbonyl (C=O) groups excluding carboxylic acids is 1. The highest BCUT2D eigenvalue weighted by Gasteiger charge is 2.50. The van der Waals surface area contributed by atoms with Gasteiger partial charge in [-0.3, -0.25) is 4.79 Å². The summed E-state index contributed by atoms with van der Waals surface area (Å²) in [4.78, 5) is 31.6. The van der Waals surface area contributed by atoms with E-state index in [0.717, 1.165) is 31.5 Å². The van der Waals surface area contributed by atoms with Gasteiger partial charge in [0, 0.05) is 47.8 Å². The summed E-state index contributed by atoms with van der Waals surface area (Å²) in [5.74, 6) is 0.523. The molecule has 0 spiro atoms. The number of amides is 1. The number of piperidine rings is 1. The summed E-state index contributed by atoms with van der Waals surface area (Å²) < 4.78 is 39.0. The summed E-state index contributed by atoms with van der Waals surface area (Å²) in [5.41, 5.74) is -0.0486. The average molecular weight is 489 g/mol. The minimum Gasteiger partial charge on any atom is -0.352 e. The van der Waals surface area contributed by atoms with Crippen LogP contribution in [0.3, 0.4) is 0 Å². The first kappa shape index (κ1) is 22.5. The van der Waals surface area contributed by atoms with Crippen molar-refractivity contribution in [3.8, 4) is 11.4 Å². The lowest BCUT2D eigenvalue weighted by atomic mass is 9.98. The smallest absolute Gasteiger partial charge is 0.352 e. The Morgan fingerprint density at radius 2 is 1.91 bits per heavy atom. The third-order valence-corrected chi connectivity index (χ3v) is 6.44. The maximum absolute atomic E-state index is 13.8. The molecule has 1 N–H and O–H groups in total. The van der Waals surface area contributed by atoms with Crippen molar-refractivity contribution in [2.24, 2.45) is 5.92 Å². The number of rotatable bonds is 5. The van der Waals surface area contributed by atoms with Gasteiger partial charge in [0.15, 0.2) is 5.82 Å². The Morgan fingerprint density at radius 1 is 1.12 bits per heavy atom. The third kappa shape index (κ3) is 4.54. The first-order valence-electron chi connectivity index (χ1n) is 10.8. The lowest BCUT2D eigenvalue weighted by molar-refractivity contribution is -0.141. The second kappa shape index (κ2) is 8.83. The number of nitrogens with one attached hydrogen (secondary N) is 1. The van der Waals surface area contributed by atoms with E-state index in [9.17, 15) is 18.0 Å². The molecule has 7 nitrogen and oxygen atoms in total. The van der Waals surface area contributed by atoms with Crippen LogP contribution < -0.4 is 5.32 Å². The second-order valence-corrected chi connectivity index (χ2v) is 8.85. The van der Waals surface area contributed by atoms with E-state index < -0.39 is 11.9 Å². The predicted molar refractivity (Wildman–Crippen MR) is 119 cm³/mol.